The molecule has 1 aliphatic carbocycles. The Morgan fingerprint density at radius 2 is 2.09 bits per heavy atom. The predicted molar refractivity (Wildman–Crippen MR) is 75.1 cm³/mol. The van der Waals surface area contributed by atoms with Crippen molar-refractivity contribution in [1.29, 1.82) is 0 Å². The lowest BCUT2D eigenvalue weighted by molar-refractivity contribution is -0.141. The van der Waals surface area contributed by atoms with Crippen molar-refractivity contribution in [3.63, 3.8) is 0 Å². The molecule has 0 unspecified atom stereocenters. The van der Waals surface area contributed by atoms with E-state index in [9.17, 15) is 13.2 Å². The van der Waals surface area contributed by atoms with Crippen LogP contribution in [0.5, 0.6) is 0 Å². The van der Waals surface area contributed by atoms with Crippen LogP contribution in [0.15, 0.2) is 12.4 Å². The van der Waals surface area contributed by atoms with Crippen molar-refractivity contribution in [2.75, 3.05) is 18.1 Å². The van der Waals surface area contributed by atoms with Gasteiger partial charge in [0.05, 0.1) is 12.1 Å². The second-order valence-corrected chi connectivity index (χ2v) is 5.92. The Hall–Kier alpha value is -1.90. The lowest BCUT2D eigenvalue weighted by Gasteiger charge is -2.32. The molecule has 0 amide bonds. The van der Waals surface area contributed by atoms with Crippen LogP contribution in [0.3, 0.4) is 0 Å². The third kappa shape index (κ3) is 2.52. The van der Waals surface area contributed by atoms with Gasteiger partial charge in [0, 0.05) is 19.2 Å². The lowest BCUT2D eigenvalue weighted by Crippen LogP contribution is -2.41. The summed E-state index contributed by atoms with van der Waals surface area (Å²) >= 11 is 0. The van der Waals surface area contributed by atoms with Gasteiger partial charge in [-0.2, -0.15) is 27.8 Å². The third-order valence-corrected chi connectivity index (χ3v) is 4.51. The Bertz CT molecular complexity index is 716. The van der Waals surface area contributed by atoms with Gasteiger partial charge in [0.1, 0.15) is 12.1 Å². The number of aromatic nitrogens is 4. The zero-order valence-electron chi connectivity index (χ0n) is 12.3. The van der Waals surface area contributed by atoms with Gasteiger partial charge in [-0.05, 0) is 25.7 Å². The molecule has 0 aromatic carbocycles. The summed E-state index contributed by atoms with van der Waals surface area (Å²) < 4.78 is 46.7. The van der Waals surface area contributed by atoms with Crippen molar-refractivity contribution < 1.29 is 17.9 Å². The van der Waals surface area contributed by atoms with Gasteiger partial charge in [-0.15, -0.1) is 0 Å². The molecule has 2 aromatic heterocycles. The molecule has 2 fully saturated rings. The average molecular weight is 327 g/mol. The van der Waals surface area contributed by atoms with Crippen LogP contribution in [0.4, 0.5) is 19.0 Å². The highest BCUT2D eigenvalue weighted by Crippen LogP contribution is 2.35. The van der Waals surface area contributed by atoms with Crippen LogP contribution in [-0.2, 0) is 10.9 Å². The van der Waals surface area contributed by atoms with E-state index in [2.05, 4.69) is 15.1 Å². The number of fused-ring (bicyclic) bond motifs is 2. The number of nitrogens with zero attached hydrogens (tertiary/aromatic N) is 5. The normalized spacial score (nSPS) is 25.6. The first-order valence-electron chi connectivity index (χ1n) is 7.70. The topological polar surface area (TPSA) is 55.6 Å². The predicted octanol–water partition coefficient (Wildman–Crippen LogP) is 2.29. The van der Waals surface area contributed by atoms with E-state index in [1.807, 2.05) is 4.90 Å². The summed E-state index contributed by atoms with van der Waals surface area (Å²) in [7, 11) is 0. The van der Waals surface area contributed by atoms with Crippen molar-refractivity contribution in [3.8, 4) is 0 Å². The summed E-state index contributed by atoms with van der Waals surface area (Å²) in [6.07, 6.45) is 0.421. The Labute approximate surface area is 130 Å². The molecule has 2 aromatic rings. The van der Waals surface area contributed by atoms with E-state index in [-0.39, 0.29) is 17.9 Å². The van der Waals surface area contributed by atoms with Gasteiger partial charge in [-0.25, -0.2) is 4.98 Å². The van der Waals surface area contributed by atoms with Crippen molar-refractivity contribution in [3.05, 3.63) is 18.1 Å². The maximum Gasteiger partial charge on any atom is 0.433 e. The van der Waals surface area contributed by atoms with Gasteiger partial charge in [0.15, 0.2) is 5.69 Å². The molecule has 3 heterocycles. The Balaban J connectivity index is 1.84. The van der Waals surface area contributed by atoms with Crippen molar-refractivity contribution >= 4 is 11.6 Å². The van der Waals surface area contributed by atoms with Crippen LogP contribution in [0, 0.1) is 0 Å². The molecule has 1 aliphatic heterocycles. The lowest BCUT2D eigenvalue weighted by atomic mass is 10.1. The van der Waals surface area contributed by atoms with Crippen molar-refractivity contribution in [2.45, 2.75) is 44.0 Å². The molecule has 2 atom stereocenters. The van der Waals surface area contributed by atoms with Crippen molar-refractivity contribution in [1.82, 2.24) is 19.6 Å². The van der Waals surface area contributed by atoms with E-state index < -0.39 is 11.9 Å². The Morgan fingerprint density at radius 1 is 1.22 bits per heavy atom. The zero-order valence-corrected chi connectivity index (χ0v) is 12.3. The molecular formula is C14H16F3N5O. The molecule has 6 nitrogen and oxygen atoms in total. The number of hydrogen-bond acceptors (Lipinski definition) is 5. The van der Waals surface area contributed by atoms with E-state index in [0.29, 0.717) is 19.0 Å². The first-order chi connectivity index (χ1) is 11.0. The monoisotopic (exact) mass is 327 g/mol. The van der Waals surface area contributed by atoms with E-state index >= 15 is 0 Å². The van der Waals surface area contributed by atoms with Gasteiger partial charge in [-0.3, -0.25) is 0 Å². The van der Waals surface area contributed by atoms with Crippen LogP contribution in [-0.4, -0.2) is 44.9 Å². The van der Waals surface area contributed by atoms with Gasteiger partial charge >= 0.3 is 6.18 Å². The molecule has 1 saturated heterocycles. The SMILES string of the molecule is FC(F)(F)c1cc(N2CCCO[C@H]3CCC[C@H]32)n2ncnc2n1. The average Bonchev–Trinajstić information content (AvgIpc) is 3.11. The molecule has 4 rings (SSSR count). The first-order valence-corrected chi connectivity index (χ1v) is 7.70. The number of halogens is 3. The minimum atomic E-state index is -4.51. The molecule has 0 radical (unpaired) electrons. The minimum Gasteiger partial charge on any atom is -0.376 e. The summed E-state index contributed by atoms with van der Waals surface area (Å²) in [6, 6.07) is 1.15. The number of anilines is 1. The Morgan fingerprint density at radius 3 is 2.91 bits per heavy atom. The molecule has 124 valence electrons. The van der Waals surface area contributed by atoms with Crippen LogP contribution >= 0.6 is 0 Å². The van der Waals surface area contributed by atoms with Crippen molar-refractivity contribution in [2.24, 2.45) is 0 Å². The maximum atomic E-state index is 13.2. The Kier molecular flexibility index (Phi) is 3.40. The summed E-state index contributed by atoms with van der Waals surface area (Å²) in [5.74, 6) is 0.358. The summed E-state index contributed by atoms with van der Waals surface area (Å²) in [4.78, 5) is 9.41. The molecule has 0 N–H and O–H groups in total. The zero-order chi connectivity index (χ0) is 16.0. The smallest absolute Gasteiger partial charge is 0.376 e. The molecule has 23 heavy (non-hydrogen) atoms. The fourth-order valence-corrected chi connectivity index (χ4v) is 3.52. The highest BCUT2D eigenvalue weighted by molar-refractivity contribution is 5.49. The van der Waals surface area contributed by atoms with Crippen LogP contribution in [0.1, 0.15) is 31.4 Å². The van der Waals surface area contributed by atoms with Gasteiger partial charge in [0.25, 0.3) is 5.78 Å². The van der Waals surface area contributed by atoms with E-state index in [0.717, 1.165) is 31.7 Å². The fourth-order valence-electron chi connectivity index (χ4n) is 3.52. The van der Waals surface area contributed by atoms with E-state index in [1.165, 1.54) is 10.8 Å². The second kappa shape index (κ2) is 5.33. The first kappa shape index (κ1) is 14.7. The molecule has 0 bridgehead atoms. The number of rotatable bonds is 1. The number of hydrogen-bond donors (Lipinski definition) is 0. The van der Waals surface area contributed by atoms with Crippen LogP contribution in [0.2, 0.25) is 0 Å². The van der Waals surface area contributed by atoms with Crippen LogP contribution < -0.4 is 4.90 Å². The van der Waals surface area contributed by atoms with Gasteiger partial charge in [0.2, 0.25) is 0 Å². The summed E-state index contributed by atoms with van der Waals surface area (Å²) in [5, 5.41) is 4.06. The van der Waals surface area contributed by atoms with Crippen LogP contribution in [0.25, 0.3) is 5.78 Å². The number of alkyl halides is 3. The number of ether oxygens (including phenoxy) is 1. The van der Waals surface area contributed by atoms with E-state index in [1.54, 1.807) is 0 Å². The minimum absolute atomic E-state index is 0.0328. The molecule has 9 heteroatoms. The van der Waals surface area contributed by atoms with Gasteiger partial charge in [-0.1, -0.05) is 0 Å². The standard InChI is InChI=1S/C14H16F3N5O/c15-14(16,17)11-7-12(22-13(20-11)18-8-19-22)21-5-2-6-23-10-4-1-3-9(10)21/h7-10H,1-6H2/t9-,10+/m1/s1. The highest BCUT2D eigenvalue weighted by atomic mass is 19.4. The fraction of sp³-hybridized carbons (Fsp3) is 0.643. The summed E-state index contributed by atoms with van der Waals surface area (Å²) in [5.41, 5.74) is -0.937. The molecular weight excluding hydrogens is 311 g/mol. The second-order valence-electron chi connectivity index (χ2n) is 5.92. The van der Waals surface area contributed by atoms with E-state index in [4.69, 9.17) is 4.74 Å². The molecule has 0 spiro atoms. The maximum absolute atomic E-state index is 13.2. The quantitative estimate of drug-likeness (QED) is 0.804. The summed E-state index contributed by atoms with van der Waals surface area (Å²) in [6.45, 7) is 1.27. The third-order valence-electron chi connectivity index (χ3n) is 4.51. The molecule has 2 aliphatic rings. The van der Waals surface area contributed by atoms with Gasteiger partial charge < -0.3 is 9.64 Å². The molecule has 1 saturated carbocycles. The largest absolute Gasteiger partial charge is 0.433 e. The highest BCUT2D eigenvalue weighted by Gasteiger charge is 2.38.